The first-order valence-electron chi connectivity index (χ1n) is 52.4. The summed E-state index contributed by atoms with van der Waals surface area (Å²) < 4.78 is 124. The molecule has 12 atom stereocenters. The number of phosphoric ester groups is 1. The molecule has 0 saturated carbocycles. The fraction of sp³-hybridized carbons (Fsp3) is 0.569. The Labute approximate surface area is 827 Å². The Morgan fingerprint density at radius 2 is 0.551 bits per heavy atom. The van der Waals surface area contributed by atoms with Crippen LogP contribution in [0.25, 0.3) is 0 Å². The normalized spacial score (nSPS) is 19.1. The molecule has 12 unspecified atom stereocenters. The van der Waals surface area contributed by atoms with Gasteiger partial charge in [-0.1, -0.05) is 436 Å². The fourth-order valence-corrected chi connectivity index (χ4v) is 18.2. The van der Waals surface area contributed by atoms with Crippen LogP contribution >= 0.6 is 7.82 Å². The quantitative estimate of drug-likeness (QED) is 0.0212. The minimum atomic E-state index is -5.61. The summed E-state index contributed by atoms with van der Waals surface area (Å²) in [6.45, 7) is 13.7. The van der Waals surface area contributed by atoms with Crippen molar-refractivity contribution in [1.82, 2.24) is 0 Å². The second-order valence-corrected chi connectivity index (χ2v) is 38.2. The number of unbranched alkanes of at least 4 members (excludes halogenated alkanes) is 28. The van der Waals surface area contributed by atoms with Gasteiger partial charge in [-0.25, -0.2) is 0 Å². The number of esters is 2. The molecule has 0 radical (unpaired) electrons. The highest BCUT2D eigenvalue weighted by molar-refractivity contribution is 7.45. The largest absolute Gasteiger partial charge is 0.756 e. The highest BCUT2D eigenvalue weighted by Crippen LogP contribution is 2.42. The monoisotopic (exact) mass is 1920 g/mol. The number of carbonyl (C=O) groups excluding carboxylic acids is 2. The number of phosphoric acid groups is 1. The standard InChI is InChI=1S/C110H151O20P.C6H15N/c1-3-5-7-9-11-13-15-17-19-21-23-25-27-29-55-73-101(111)117-83-97(127-102(112)74-56-30-28-26-24-22-20-18-16-14-12-10-8-6-4-2)86-126-131(113,114)130-98(84-124-109-107(122-81-95-69-51-37-52-70-95)105(120-79-93-65-47-35-48-66-93)103(118-77-91-61-43-33-44-62-91)99(128-109)87-115-75-89-57-39-31-40-58-89)85-125-110-108(123-82-96-71-53-38-54-72-96)106(121-80-94-67-49-36-50-68-94)104(119-78-92-63-45-34-46-64-92)100(129-110)88-116-76-90-59-41-32-42-60-90;1-4-7(5-2)6-3/h31-54,57-72,97-100,103-110H,3-30,55-56,73-88H2,1-2H3,(H,113,114);4-6H2,1-3H3. The van der Waals surface area contributed by atoms with Crippen molar-refractivity contribution in [2.75, 3.05) is 59.3 Å². The Kier molecular flexibility index (Phi) is 59.2. The molecular weight excluding hydrogens is 1760 g/mol. The van der Waals surface area contributed by atoms with Crippen LogP contribution in [-0.4, -0.2) is 145 Å². The van der Waals surface area contributed by atoms with E-state index in [1.807, 2.05) is 243 Å². The van der Waals surface area contributed by atoms with Gasteiger partial charge in [-0.2, -0.15) is 0 Å². The smallest absolute Gasteiger partial charge is 0.306 e. The Balaban J connectivity index is 0.00000293. The molecule has 8 aromatic carbocycles. The van der Waals surface area contributed by atoms with Crippen molar-refractivity contribution in [1.29, 1.82) is 0 Å². The van der Waals surface area contributed by atoms with Crippen molar-refractivity contribution in [3.05, 3.63) is 287 Å². The van der Waals surface area contributed by atoms with Crippen molar-refractivity contribution in [3.63, 3.8) is 0 Å². The van der Waals surface area contributed by atoms with Gasteiger partial charge in [0.1, 0.15) is 61.5 Å². The van der Waals surface area contributed by atoms with E-state index in [9.17, 15) is 9.59 Å². The van der Waals surface area contributed by atoms with E-state index in [1.54, 1.807) is 4.90 Å². The van der Waals surface area contributed by atoms with E-state index in [4.69, 9.17) is 75.4 Å². The molecule has 0 spiro atoms. The summed E-state index contributed by atoms with van der Waals surface area (Å²) in [6, 6.07) is 78.2. The second-order valence-electron chi connectivity index (χ2n) is 36.8. The molecule has 1 N–H and O–H groups in total. The first-order valence-corrected chi connectivity index (χ1v) is 53.9. The predicted molar refractivity (Wildman–Crippen MR) is 542 cm³/mol. The number of quaternary nitrogens is 1. The average molecular weight is 1930 g/mol. The summed E-state index contributed by atoms with van der Waals surface area (Å²) in [5.74, 6) is -1.07. The van der Waals surface area contributed by atoms with Crippen LogP contribution in [0.4, 0.5) is 0 Å². The van der Waals surface area contributed by atoms with Gasteiger partial charge in [0.05, 0.1) is 106 Å². The molecule has 22 heteroatoms. The molecule has 8 aromatic rings. The van der Waals surface area contributed by atoms with Gasteiger partial charge in [-0.15, -0.1) is 0 Å². The molecular formula is C116H166NO20P. The van der Waals surface area contributed by atoms with E-state index in [0.29, 0.717) is 12.8 Å². The summed E-state index contributed by atoms with van der Waals surface area (Å²) in [7, 11) is -5.61. The van der Waals surface area contributed by atoms with Crippen LogP contribution in [-0.2, 0) is 142 Å². The minimum Gasteiger partial charge on any atom is -0.756 e. The Morgan fingerprint density at radius 3 is 0.826 bits per heavy atom. The van der Waals surface area contributed by atoms with Crippen LogP contribution in [0.15, 0.2) is 243 Å². The van der Waals surface area contributed by atoms with Crippen LogP contribution in [0.5, 0.6) is 0 Å². The SMILES string of the molecule is CCCCCCCCCCCCCCCCCC(=O)OCC(COP(=O)([O-])OC(COC1OC(COCc2ccccc2)C(OCc2ccccc2)C(OCc2ccccc2)C1OCc1ccccc1)COC1OC(COCc2ccccc2)C(OCc2ccccc2)C(OCc2ccccc2)C1OCc1ccccc1)OC(=O)CCCCCCCCCCCCCCCCC.CC[NH+](CC)CC. The minimum absolute atomic E-state index is 0.0132. The molecule has 0 bridgehead atoms. The molecule has 10 rings (SSSR count). The van der Waals surface area contributed by atoms with E-state index < -0.39 is 120 Å². The third-order valence-electron chi connectivity index (χ3n) is 25.5. The first kappa shape index (κ1) is 114. The topological polar surface area (TPSA) is 226 Å². The Morgan fingerprint density at radius 1 is 0.297 bits per heavy atom. The summed E-state index contributed by atoms with van der Waals surface area (Å²) >= 11 is 0. The molecule has 2 heterocycles. The van der Waals surface area contributed by atoms with E-state index in [-0.39, 0.29) is 78.9 Å². The fourth-order valence-electron chi connectivity index (χ4n) is 17.3. The van der Waals surface area contributed by atoms with Crippen molar-refractivity contribution < 1.29 is 99.3 Å². The summed E-state index contributed by atoms with van der Waals surface area (Å²) in [4.78, 5) is 44.7. The van der Waals surface area contributed by atoms with Gasteiger partial charge in [0.25, 0.3) is 7.82 Å². The van der Waals surface area contributed by atoms with Crippen LogP contribution in [0.1, 0.15) is 285 Å². The lowest BCUT2D eigenvalue weighted by molar-refractivity contribution is -0.894. The number of hydrogen-bond donors (Lipinski definition) is 1. The molecule has 2 fully saturated rings. The number of hydrogen-bond acceptors (Lipinski definition) is 20. The number of ether oxygens (including phenoxy) is 14. The second kappa shape index (κ2) is 71.7. The molecule has 0 aliphatic carbocycles. The van der Waals surface area contributed by atoms with Gasteiger partial charge in [0.2, 0.25) is 0 Å². The van der Waals surface area contributed by atoms with E-state index in [1.165, 1.54) is 148 Å². The molecule has 0 aromatic heterocycles. The van der Waals surface area contributed by atoms with Gasteiger partial charge < -0.3 is 85.2 Å². The molecule has 2 aliphatic heterocycles. The number of nitrogens with one attached hydrogen (secondary N) is 1. The summed E-state index contributed by atoms with van der Waals surface area (Å²) in [6.07, 6.45) is 22.0. The molecule has 760 valence electrons. The van der Waals surface area contributed by atoms with E-state index in [0.717, 1.165) is 95.9 Å². The third-order valence-corrected chi connectivity index (χ3v) is 26.5. The van der Waals surface area contributed by atoms with Crippen LogP contribution < -0.4 is 9.79 Å². The third kappa shape index (κ3) is 47.9. The van der Waals surface area contributed by atoms with Gasteiger partial charge in [0, 0.05) is 12.8 Å². The van der Waals surface area contributed by atoms with Gasteiger partial charge in [-0.05, 0) is 78.1 Å². The number of rotatable bonds is 75. The summed E-state index contributed by atoms with van der Waals surface area (Å²) in [5.41, 5.74) is 7.09. The van der Waals surface area contributed by atoms with Gasteiger partial charge >= 0.3 is 11.9 Å². The maximum atomic E-state index is 15.3. The maximum absolute atomic E-state index is 15.3. The van der Waals surface area contributed by atoms with E-state index >= 15 is 9.46 Å². The predicted octanol–water partition coefficient (Wildman–Crippen LogP) is 24.2. The van der Waals surface area contributed by atoms with Crippen molar-refractivity contribution in [2.45, 2.75) is 367 Å². The van der Waals surface area contributed by atoms with Crippen molar-refractivity contribution in [3.8, 4) is 0 Å². The summed E-state index contributed by atoms with van der Waals surface area (Å²) in [5, 5.41) is 0. The van der Waals surface area contributed by atoms with Crippen molar-refractivity contribution >= 4 is 19.8 Å². The van der Waals surface area contributed by atoms with Crippen LogP contribution in [0.3, 0.4) is 0 Å². The highest BCUT2D eigenvalue weighted by atomic mass is 31.2. The average Bonchev–Trinajstić information content (AvgIpc) is 0.788. The maximum Gasteiger partial charge on any atom is 0.306 e. The lowest BCUT2D eigenvalue weighted by Crippen LogP contribution is -3.11. The zero-order chi connectivity index (χ0) is 97.0. The molecule has 21 nitrogen and oxygen atoms in total. The Hall–Kier alpha value is -7.71. The number of carbonyl (C=O) groups is 2. The van der Waals surface area contributed by atoms with Crippen LogP contribution in [0, 0.1) is 0 Å². The van der Waals surface area contributed by atoms with Crippen LogP contribution in [0.2, 0.25) is 0 Å². The Bertz CT molecular complexity index is 4120. The highest BCUT2D eigenvalue weighted by Gasteiger charge is 2.52. The lowest BCUT2D eigenvalue weighted by atomic mass is 9.97. The zero-order valence-corrected chi connectivity index (χ0v) is 84.7. The first-order chi connectivity index (χ1) is 67.9. The molecule has 2 aliphatic rings. The zero-order valence-electron chi connectivity index (χ0n) is 83.8. The van der Waals surface area contributed by atoms with Crippen molar-refractivity contribution in [2.24, 2.45) is 0 Å². The van der Waals surface area contributed by atoms with Gasteiger partial charge in [0.15, 0.2) is 18.7 Å². The van der Waals surface area contributed by atoms with E-state index in [2.05, 4.69) is 34.6 Å². The molecule has 0 amide bonds. The lowest BCUT2D eigenvalue weighted by Gasteiger charge is -2.46. The van der Waals surface area contributed by atoms with Gasteiger partial charge in [-0.3, -0.25) is 14.2 Å². The molecule has 2 saturated heterocycles. The molecule has 138 heavy (non-hydrogen) atoms. The number of benzene rings is 8.